The SMILES string of the molecule is CCN1C(=O)N(Cc2ccccc2)C2(CCN(C(=O)c3cnn(C)c3C)CC2)C1=O. The minimum absolute atomic E-state index is 0.0748. The predicted octanol–water partition coefficient (Wildman–Crippen LogP) is 2.19. The summed E-state index contributed by atoms with van der Waals surface area (Å²) in [6.07, 6.45) is 2.46. The molecule has 2 aliphatic heterocycles. The molecule has 0 unspecified atom stereocenters. The van der Waals surface area contributed by atoms with E-state index in [0.29, 0.717) is 44.6 Å². The van der Waals surface area contributed by atoms with Crippen molar-refractivity contribution in [2.45, 2.75) is 38.8 Å². The van der Waals surface area contributed by atoms with Gasteiger partial charge in [-0.15, -0.1) is 0 Å². The molecule has 1 spiro atoms. The van der Waals surface area contributed by atoms with Crippen molar-refractivity contribution >= 4 is 17.8 Å². The van der Waals surface area contributed by atoms with Crippen molar-refractivity contribution < 1.29 is 14.4 Å². The number of carbonyl (C=O) groups excluding carboxylic acids is 3. The Labute approximate surface area is 176 Å². The number of hydrogen-bond acceptors (Lipinski definition) is 4. The molecule has 4 amide bonds. The van der Waals surface area contributed by atoms with Gasteiger partial charge in [-0.25, -0.2) is 4.79 Å². The highest BCUT2D eigenvalue weighted by molar-refractivity contribution is 6.07. The van der Waals surface area contributed by atoms with Crippen LogP contribution in [0.5, 0.6) is 0 Å². The van der Waals surface area contributed by atoms with Crippen LogP contribution in [0.25, 0.3) is 0 Å². The molecule has 0 atom stereocenters. The summed E-state index contributed by atoms with van der Waals surface area (Å²) in [6, 6.07) is 9.47. The van der Waals surface area contributed by atoms with Crippen LogP contribution in [-0.4, -0.2) is 67.5 Å². The largest absolute Gasteiger partial charge is 0.338 e. The van der Waals surface area contributed by atoms with Gasteiger partial charge in [-0.05, 0) is 32.3 Å². The fourth-order valence-electron chi connectivity index (χ4n) is 4.49. The second kappa shape index (κ2) is 7.59. The summed E-state index contributed by atoms with van der Waals surface area (Å²) in [4.78, 5) is 44.1. The van der Waals surface area contributed by atoms with Gasteiger partial charge in [0.25, 0.3) is 11.8 Å². The van der Waals surface area contributed by atoms with Gasteiger partial charge in [-0.1, -0.05) is 30.3 Å². The molecule has 2 fully saturated rings. The second-order valence-corrected chi connectivity index (χ2v) is 7.99. The summed E-state index contributed by atoms with van der Waals surface area (Å²) in [5.74, 6) is -0.218. The molecule has 2 aliphatic rings. The molecule has 4 rings (SSSR count). The molecule has 8 nitrogen and oxygen atoms in total. The third-order valence-corrected chi connectivity index (χ3v) is 6.46. The van der Waals surface area contributed by atoms with Crippen LogP contribution in [0.1, 0.15) is 41.4 Å². The number of amides is 4. The number of likely N-dealkylation sites (N-methyl/N-ethyl adjacent to an activating group) is 1. The summed E-state index contributed by atoms with van der Waals surface area (Å²) in [7, 11) is 1.81. The lowest BCUT2D eigenvalue weighted by molar-refractivity contribution is -0.135. The number of nitrogens with zero attached hydrogens (tertiary/aromatic N) is 5. The zero-order valence-corrected chi connectivity index (χ0v) is 17.7. The van der Waals surface area contributed by atoms with E-state index in [1.54, 1.807) is 27.7 Å². The Hall–Kier alpha value is -3.16. The first-order valence-electron chi connectivity index (χ1n) is 10.3. The van der Waals surface area contributed by atoms with E-state index in [1.807, 2.05) is 44.2 Å². The van der Waals surface area contributed by atoms with E-state index in [2.05, 4.69) is 5.10 Å². The molecule has 0 N–H and O–H groups in total. The fourth-order valence-corrected chi connectivity index (χ4v) is 4.49. The van der Waals surface area contributed by atoms with Gasteiger partial charge < -0.3 is 9.80 Å². The molecule has 0 aliphatic carbocycles. The maximum atomic E-state index is 13.3. The first kappa shape index (κ1) is 20.1. The standard InChI is InChI=1S/C22H27N5O3/c1-4-26-20(29)22(27(21(26)30)15-17-8-6-5-7-9-17)10-12-25(13-11-22)19(28)18-14-23-24(3)16(18)2/h5-9,14H,4,10-13,15H2,1-3H3. The van der Waals surface area contributed by atoms with Crippen molar-refractivity contribution in [3.63, 3.8) is 0 Å². The third kappa shape index (κ3) is 3.07. The van der Waals surface area contributed by atoms with Crippen LogP contribution in [0.4, 0.5) is 4.79 Å². The van der Waals surface area contributed by atoms with Crippen molar-refractivity contribution in [1.29, 1.82) is 0 Å². The Kier molecular flexibility index (Phi) is 5.09. The smallest absolute Gasteiger partial charge is 0.327 e. The summed E-state index contributed by atoms with van der Waals surface area (Å²) >= 11 is 0. The van der Waals surface area contributed by atoms with Gasteiger partial charge >= 0.3 is 6.03 Å². The number of piperidine rings is 1. The molecular weight excluding hydrogens is 382 g/mol. The topological polar surface area (TPSA) is 78.8 Å². The van der Waals surface area contributed by atoms with Crippen molar-refractivity contribution in [2.24, 2.45) is 7.05 Å². The molecule has 2 aromatic rings. The van der Waals surface area contributed by atoms with E-state index in [1.165, 1.54) is 4.90 Å². The van der Waals surface area contributed by atoms with Gasteiger partial charge in [-0.3, -0.25) is 19.2 Å². The third-order valence-electron chi connectivity index (χ3n) is 6.46. The van der Waals surface area contributed by atoms with E-state index in [0.717, 1.165) is 11.3 Å². The number of aromatic nitrogens is 2. The number of imide groups is 1. The van der Waals surface area contributed by atoms with Crippen LogP contribution in [0.15, 0.2) is 36.5 Å². The number of benzene rings is 1. The number of hydrogen-bond donors (Lipinski definition) is 0. The highest BCUT2D eigenvalue weighted by Gasteiger charge is 2.57. The van der Waals surface area contributed by atoms with Crippen molar-refractivity contribution in [3.05, 3.63) is 53.3 Å². The minimum atomic E-state index is -0.885. The number of likely N-dealkylation sites (tertiary alicyclic amines) is 1. The van der Waals surface area contributed by atoms with Gasteiger partial charge in [0.2, 0.25) is 0 Å². The molecule has 0 saturated carbocycles. The number of rotatable bonds is 4. The summed E-state index contributed by atoms with van der Waals surface area (Å²) in [5.41, 5.74) is 1.50. The van der Waals surface area contributed by atoms with Gasteiger partial charge in [0.1, 0.15) is 5.54 Å². The van der Waals surface area contributed by atoms with Crippen LogP contribution in [0.2, 0.25) is 0 Å². The van der Waals surface area contributed by atoms with Crippen LogP contribution < -0.4 is 0 Å². The Balaban J connectivity index is 1.57. The molecule has 30 heavy (non-hydrogen) atoms. The van der Waals surface area contributed by atoms with E-state index in [4.69, 9.17) is 0 Å². The molecule has 0 radical (unpaired) electrons. The average Bonchev–Trinajstić information content (AvgIpc) is 3.19. The van der Waals surface area contributed by atoms with Crippen molar-refractivity contribution in [2.75, 3.05) is 19.6 Å². The normalized spacial score (nSPS) is 18.6. The molecule has 3 heterocycles. The lowest BCUT2D eigenvalue weighted by atomic mass is 9.85. The molecule has 158 valence electrons. The fraction of sp³-hybridized carbons (Fsp3) is 0.455. The zero-order chi connectivity index (χ0) is 21.5. The van der Waals surface area contributed by atoms with E-state index >= 15 is 0 Å². The monoisotopic (exact) mass is 409 g/mol. The highest BCUT2D eigenvalue weighted by atomic mass is 16.2. The molecule has 0 bridgehead atoms. The Morgan fingerprint density at radius 2 is 1.80 bits per heavy atom. The lowest BCUT2D eigenvalue weighted by Crippen LogP contribution is -2.57. The first-order chi connectivity index (χ1) is 14.4. The van der Waals surface area contributed by atoms with Crippen LogP contribution >= 0.6 is 0 Å². The number of aryl methyl sites for hydroxylation is 1. The molecule has 1 aromatic carbocycles. The predicted molar refractivity (Wildman–Crippen MR) is 111 cm³/mol. The summed E-state index contributed by atoms with van der Waals surface area (Å²) < 4.78 is 1.68. The number of carbonyl (C=O) groups is 3. The Bertz CT molecular complexity index is 976. The zero-order valence-electron chi connectivity index (χ0n) is 17.7. The maximum Gasteiger partial charge on any atom is 0.327 e. The molecule has 8 heteroatoms. The number of urea groups is 1. The lowest BCUT2D eigenvalue weighted by Gasteiger charge is -2.42. The highest BCUT2D eigenvalue weighted by Crippen LogP contribution is 2.38. The van der Waals surface area contributed by atoms with Crippen molar-refractivity contribution in [1.82, 2.24) is 24.5 Å². The summed E-state index contributed by atoms with van der Waals surface area (Å²) in [6.45, 7) is 5.27. The van der Waals surface area contributed by atoms with Crippen molar-refractivity contribution in [3.8, 4) is 0 Å². The molecule has 2 saturated heterocycles. The van der Waals surface area contributed by atoms with E-state index in [9.17, 15) is 14.4 Å². The van der Waals surface area contributed by atoms with Crippen LogP contribution in [-0.2, 0) is 18.4 Å². The first-order valence-corrected chi connectivity index (χ1v) is 10.3. The minimum Gasteiger partial charge on any atom is -0.338 e. The average molecular weight is 409 g/mol. The Morgan fingerprint density at radius 3 is 2.37 bits per heavy atom. The summed E-state index contributed by atoms with van der Waals surface area (Å²) in [5, 5.41) is 4.16. The maximum absolute atomic E-state index is 13.3. The molecule has 1 aromatic heterocycles. The van der Waals surface area contributed by atoms with Gasteiger partial charge in [0.15, 0.2) is 0 Å². The van der Waals surface area contributed by atoms with Gasteiger partial charge in [0, 0.05) is 38.9 Å². The van der Waals surface area contributed by atoms with E-state index in [-0.39, 0.29) is 17.8 Å². The van der Waals surface area contributed by atoms with Gasteiger partial charge in [-0.2, -0.15) is 5.10 Å². The van der Waals surface area contributed by atoms with E-state index < -0.39 is 5.54 Å². The van der Waals surface area contributed by atoms with Crippen LogP contribution in [0, 0.1) is 6.92 Å². The van der Waals surface area contributed by atoms with Crippen LogP contribution in [0.3, 0.4) is 0 Å². The molecular formula is C22H27N5O3. The second-order valence-electron chi connectivity index (χ2n) is 7.99. The quantitative estimate of drug-likeness (QED) is 0.725. The Morgan fingerprint density at radius 1 is 1.13 bits per heavy atom. The van der Waals surface area contributed by atoms with Gasteiger partial charge in [0.05, 0.1) is 11.8 Å².